The molecule has 2 saturated carbocycles. The highest BCUT2D eigenvalue weighted by molar-refractivity contribution is 7.90. The lowest BCUT2D eigenvalue weighted by Gasteiger charge is -2.33. The number of piperidine rings is 1. The topological polar surface area (TPSA) is 66.5 Å². The van der Waals surface area contributed by atoms with E-state index in [0.29, 0.717) is 37.9 Å². The number of amides is 1. The Morgan fingerprint density at radius 3 is 2.44 bits per heavy atom. The first-order valence-electron chi connectivity index (χ1n) is 11.2. The monoisotopic (exact) mass is 460 g/mol. The van der Waals surface area contributed by atoms with Gasteiger partial charge < -0.3 is 4.90 Å². The summed E-state index contributed by atoms with van der Waals surface area (Å²) in [5, 5.41) is -0.281. The van der Waals surface area contributed by atoms with Crippen LogP contribution in [0.1, 0.15) is 43.6 Å². The molecule has 0 radical (unpaired) electrons. The van der Waals surface area contributed by atoms with E-state index in [-0.39, 0.29) is 34.6 Å². The molecule has 0 bridgehead atoms. The standard InChI is InChI=1S/C24H26F2N2O3S/c25-21-8-3-9-22(26)23(21)18-7-2-1-6-17(18)19-13-20(19)24(29)28-12-4-5-15(14-28)27-32(30,31)16-10-11-16/h1-3,6-9,15-16,19-20,27H,4-5,10-14H2/t15-,19+,20-/m1/s1. The first-order chi connectivity index (χ1) is 15.3. The predicted octanol–water partition coefficient (Wildman–Crippen LogP) is 3.81. The van der Waals surface area contributed by atoms with E-state index >= 15 is 0 Å². The zero-order valence-electron chi connectivity index (χ0n) is 17.6. The fourth-order valence-electron chi connectivity index (χ4n) is 4.83. The number of carbonyl (C=O) groups is 1. The molecular weight excluding hydrogens is 434 g/mol. The molecule has 3 aliphatic rings. The van der Waals surface area contributed by atoms with E-state index in [4.69, 9.17) is 0 Å². The predicted molar refractivity (Wildman–Crippen MR) is 117 cm³/mol. The Kier molecular flexibility index (Phi) is 5.53. The van der Waals surface area contributed by atoms with E-state index in [2.05, 4.69) is 4.72 Å². The molecule has 5 nitrogen and oxygen atoms in total. The molecule has 5 rings (SSSR count). The maximum absolute atomic E-state index is 14.4. The van der Waals surface area contributed by atoms with Gasteiger partial charge in [-0.1, -0.05) is 30.3 Å². The van der Waals surface area contributed by atoms with E-state index in [1.54, 1.807) is 17.0 Å². The van der Waals surface area contributed by atoms with Crippen LogP contribution in [0.15, 0.2) is 42.5 Å². The molecule has 1 heterocycles. The molecule has 170 valence electrons. The van der Waals surface area contributed by atoms with Gasteiger partial charge in [0.05, 0.1) is 10.8 Å². The second-order valence-corrected chi connectivity index (χ2v) is 11.1. The summed E-state index contributed by atoms with van der Waals surface area (Å²) in [6, 6.07) is 10.6. The molecular formula is C24H26F2N2O3S. The van der Waals surface area contributed by atoms with Crippen LogP contribution in [-0.2, 0) is 14.8 Å². The smallest absolute Gasteiger partial charge is 0.226 e. The molecule has 3 atom stereocenters. The van der Waals surface area contributed by atoms with Crippen molar-refractivity contribution in [2.75, 3.05) is 13.1 Å². The summed E-state index contributed by atoms with van der Waals surface area (Å²) >= 11 is 0. The van der Waals surface area contributed by atoms with Gasteiger partial charge >= 0.3 is 0 Å². The number of hydrogen-bond donors (Lipinski definition) is 1. The van der Waals surface area contributed by atoms with Gasteiger partial charge in [-0.3, -0.25) is 4.79 Å². The SMILES string of the molecule is O=C([C@@H]1C[C@H]1c1ccccc1-c1c(F)cccc1F)N1CCC[C@@H](NS(=O)(=O)C2CC2)C1. The van der Waals surface area contributed by atoms with Gasteiger partial charge in [-0.15, -0.1) is 0 Å². The van der Waals surface area contributed by atoms with Gasteiger partial charge in [-0.2, -0.15) is 0 Å². The van der Waals surface area contributed by atoms with Gasteiger partial charge in [0.25, 0.3) is 0 Å². The summed E-state index contributed by atoms with van der Waals surface area (Å²) in [5.41, 5.74) is 1.20. The number of halogens is 2. The average Bonchev–Trinajstić information content (AvgIpc) is 3.67. The van der Waals surface area contributed by atoms with Gasteiger partial charge in [-0.05, 0) is 61.3 Å². The third kappa shape index (κ3) is 4.18. The number of nitrogens with one attached hydrogen (secondary N) is 1. The van der Waals surface area contributed by atoms with Crippen LogP contribution in [0, 0.1) is 17.6 Å². The second-order valence-electron chi connectivity index (χ2n) is 9.12. The molecule has 8 heteroatoms. The number of hydrogen-bond acceptors (Lipinski definition) is 3. The van der Waals surface area contributed by atoms with E-state index in [1.165, 1.54) is 18.2 Å². The van der Waals surface area contributed by atoms with E-state index in [9.17, 15) is 22.0 Å². The third-order valence-electron chi connectivity index (χ3n) is 6.73. The maximum Gasteiger partial charge on any atom is 0.226 e. The maximum atomic E-state index is 14.4. The molecule has 2 aromatic carbocycles. The molecule has 3 fully saturated rings. The minimum atomic E-state index is -3.30. The van der Waals surface area contributed by atoms with Crippen LogP contribution in [0.5, 0.6) is 0 Å². The number of benzene rings is 2. The largest absolute Gasteiger partial charge is 0.341 e. The molecule has 2 aromatic rings. The minimum absolute atomic E-state index is 0.00544. The highest BCUT2D eigenvalue weighted by Crippen LogP contribution is 2.51. The summed E-state index contributed by atoms with van der Waals surface area (Å²) in [6.07, 6.45) is 3.50. The minimum Gasteiger partial charge on any atom is -0.341 e. The van der Waals surface area contributed by atoms with Gasteiger partial charge in [0.15, 0.2) is 0 Å². The van der Waals surface area contributed by atoms with Crippen molar-refractivity contribution in [2.24, 2.45) is 5.92 Å². The lowest BCUT2D eigenvalue weighted by atomic mass is 9.95. The summed E-state index contributed by atoms with van der Waals surface area (Å²) < 4.78 is 56.2. The lowest BCUT2D eigenvalue weighted by molar-refractivity contribution is -0.133. The Morgan fingerprint density at radius 2 is 1.72 bits per heavy atom. The van der Waals surface area contributed by atoms with Crippen LogP contribution in [0.2, 0.25) is 0 Å². The van der Waals surface area contributed by atoms with Crippen molar-refractivity contribution in [1.29, 1.82) is 0 Å². The van der Waals surface area contributed by atoms with Crippen molar-refractivity contribution in [3.63, 3.8) is 0 Å². The summed E-state index contributed by atoms with van der Waals surface area (Å²) in [6.45, 7) is 0.977. The van der Waals surface area contributed by atoms with Crippen molar-refractivity contribution in [3.05, 3.63) is 59.7 Å². The van der Waals surface area contributed by atoms with Crippen LogP contribution in [0.4, 0.5) is 8.78 Å². The Labute approximate surface area is 186 Å². The fourth-order valence-corrected chi connectivity index (χ4v) is 6.44. The first kappa shape index (κ1) is 21.5. The number of nitrogens with zero attached hydrogens (tertiary/aromatic N) is 1. The van der Waals surface area contributed by atoms with Crippen LogP contribution in [-0.4, -0.2) is 43.6 Å². The Bertz CT molecular complexity index is 1130. The van der Waals surface area contributed by atoms with E-state index in [0.717, 1.165) is 18.4 Å². The summed E-state index contributed by atoms with van der Waals surface area (Å²) in [5.74, 6) is -1.59. The van der Waals surface area contributed by atoms with Crippen molar-refractivity contribution < 1.29 is 22.0 Å². The van der Waals surface area contributed by atoms with E-state index < -0.39 is 21.7 Å². The summed E-state index contributed by atoms with van der Waals surface area (Å²) in [7, 11) is -3.30. The number of rotatable bonds is 6. The van der Waals surface area contributed by atoms with Crippen molar-refractivity contribution in [2.45, 2.75) is 49.3 Å². The Hall–Kier alpha value is -2.32. The highest BCUT2D eigenvalue weighted by Gasteiger charge is 2.47. The molecule has 1 amide bonds. The fraction of sp³-hybridized carbons (Fsp3) is 0.458. The van der Waals surface area contributed by atoms with Crippen LogP contribution in [0.3, 0.4) is 0 Å². The first-order valence-corrected chi connectivity index (χ1v) is 12.7. The molecule has 1 aliphatic heterocycles. The quantitative estimate of drug-likeness (QED) is 0.713. The summed E-state index contributed by atoms with van der Waals surface area (Å²) in [4.78, 5) is 14.9. The molecule has 0 unspecified atom stereocenters. The van der Waals surface area contributed by atoms with Crippen molar-refractivity contribution in [1.82, 2.24) is 9.62 Å². The highest BCUT2D eigenvalue weighted by atomic mass is 32.2. The van der Waals surface area contributed by atoms with E-state index in [1.807, 2.05) is 12.1 Å². The average molecular weight is 461 g/mol. The van der Waals surface area contributed by atoms with Gasteiger partial charge in [0.1, 0.15) is 11.6 Å². The lowest BCUT2D eigenvalue weighted by Crippen LogP contribution is -2.50. The molecule has 1 N–H and O–H groups in total. The number of likely N-dealkylation sites (tertiary alicyclic amines) is 1. The van der Waals surface area contributed by atoms with Crippen molar-refractivity contribution in [3.8, 4) is 11.1 Å². The normalized spacial score (nSPS) is 25.6. The molecule has 32 heavy (non-hydrogen) atoms. The molecule has 0 aromatic heterocycles. The van der Waals surface area contributed by atoms with Crippen molar-refractivity contribution >= 4 is 15.9 Å². The molecule has 0 spiro atoms. The zero-order chi connectivity index (χ0) is 22.5. The number of sulfonamides is 1. The Balaban J connectivity index is 1.30. The Morgan fingerprint density at radius 1 is 1.00 bits per heavy atom. The van der Waals surface area contributed by atoms with Gasteiger partial charge in [-0.25, -0.2) is 21.9 Å². The zero-order valence-corrected chi connectivity index (χ0v) is 18.5. The number of carbonyl (C=O) groups excluding carboxylic acids is 1. The van der Waals surface area contributed by atoms with Gasteiger partial charge in [0, 0.05) is 25.0 Å². The van der Waals surface area contributed by atoms with Crippen LogP contribution < -0.4 is 4.72 Å². The molecule has 2 aliphatic carbocycles. The molecule has 1 saturated heterocycles. The third-order valence-corrected chi connectivity index (χ3v) is 8.74. The van der Waals surface area contributed by atoms with Crippen LogP contribution in [0.25, 0.3) is 11.1 Å². The second kappa shape index (κ2) is 8.23. The van der Waals surface area contributed by atoms with Gasteiger partial charge in [0.2, 0.25) is 15.9 Å². The van der Waals surface area contributed by atoms with Crippen LogP contribution >= 0.6 is 0 Å².